The van der Waals surface area contributed by atoms with E-state index >= 15 is 0 Å². The van der Waals surface area contributed by atoms with Crippen LogP contribution in [0.25, 0.3) is 11.2 Å². The van der Waals surface area contributed by atoms with Crippen molar-refractivity contribution in [1.29, 1.82) is 0 Å². The van der Waals surface area contributed by atoms with Gasteiger partial charge in [0.1, 0.15) is 18.3 Å². The van der Waals surface area contributed by atoms with Crippen LogP contribution in [-0.4, -0.2) is 76.9 Å². The molecule has 1 saturated heterocycles. The molecule has 1 aliphatic heterocycles. The van der Waals surface area contributed by atoms with Gasteiger partial charge in [0.05, 0.1) is 12.9 Å². The molecule has 0 aromatic carbocycles. The van der Waals surface area contributed by atoms with Crippen molar-refractivity contribution in [3.8, 4) is 0 Å². The number of imidazole rings is 1. The maximum atomic E-state index is 12.2. The minimum Gasteiger partial charge on any atom is -0.387 e. The van der Waals surface area contributed by atoms with Crippen molar-refractivity contribution < 1.29 is 56.5 Å². The lowest BCUT2D eigenvalue weighted by atomic mass is 10.1. The second kappa shape index (κ2) is 8.72. The third-order valence-electron chi connectivity index (χ3n) is 4.00. The number of anilines is 1. The number of nitrogens with two attached hydrogens (primary N) is 1. The molecule has 0 saturated carbocycles. The fourth-order valence-corrected chi connectivity index (χ4v) is 6.36. The number of aliphatic hydroxyl groups is 2. The monoisotopic (exact) mass is 519 g/mol. The zero-order chi connectivity index (χ0) is 24.1. The van der Waals surface area contributed by atoms with Crippen molar-refractivity contribution in [2.24, 2.45) is 0 Å². The first-order chi connectivity index (χ1) is 14.6. The van der Waals surface area contributed by atoms with E-state index in [1.165, 1.54) is 0 Å². The molecule has 1 aliphatic rings. The average molecular weight is 519 g/mol. The number of ether oxygens (including phenoxy) is 1. The Hall–Kier alpha value is -1.46. The number of fused-ring (bicyclic) bond motifs is 1. The van der Waals surface area contributed by atoms with E-state index in [9.17, 15) is 33.6 Å². The quantitative estimate of drug-likeness (QED) is 0.138. The van der Waals surface area contributed by atoms with Crippen LogP contribution in [0.2, 0.25) is 0 Å². The van der Waals surface area contributed by atoms with Crippen molar-refractivity contribution in [2.75, 3.05) is 12.3 Å². The molecule has 2 aromatic heterocycles. The Bertz CT molecular complexity index is 1210. The summed E-state index contributed by atoms with van der Waals surface area (Å²) in [5.41, 5.74) is 4.65. The molecule has 0 amide bonds. The predicted molar refractivity (Wildman–Crippen MR) is 105 cm³/mol. The molecule has 2 aromatic rings. The summed E-state index contributed by atoms with van der Waals surface area (Å²) in [5.74, 6) is -0.243. The SMILES string of the molecule is BP(=O)(OC[C@H]1O[C@@H](n2cnc3c(=O)[nH]c(N)nc32)[C@@H](O)C1O)OP(=O)(O)OP(=O)(O)O. The van der Waals surface area contributed by atoms with E-state index in [1.807, 2.05) is 0 Å². The van der Waals surface area contributed by atoms with E-state index in [2.05, 4.69) is 23.6 Å². The number of nitrogens with zero attached hydrogens (tertiary/aromatic N) is 3. The van der Waals surface area contributed by atoms with E-state index in [0.29, 0.717) is 7.57 Å². The van der Waals surface area contributed by atoms with Crippen molar-refractivity contribution in [3.63, 3.8) is 0 Å². The maximum Gasteiger partial charge on any atom is 0.487 e. The number of rotatable bonds is 8. The van der Waals surface area contributed by atoms with Gasteiger partial charge < -0.3 is 39.9 Å². The fourth-order valence-electron chi connectivity index (χ4n) is 2.80. The highest BCUT2D eigenvalue weighted by Gasteiger charge is 2.46. The zero-order valence-electron chi connectivity index (χ0n) is 15.9. The van der Waals surface area contributed by atoms with Gasteiger partial charge in [-0.15, -0.1) is 0 Å². The molecule has 0 radical (unpaired) electrons. The minimum atomic E-state index is -5.48. The first-order valence-corrected chi connectivity index (χ1v) is 13.4. The number of aliphatic hydroxyl groups excluding tert-OH is 2. The number of hydrogen-bond donors (Lipinski definition) is 7. The lowest BCUT2D eigenvalue weighted by Crippen LogP contribution is -2.33. The molecule has 1 fully saturated rings. The van der Waals surface area contributed by atoms with Gasteiger partial charge in [0.25, 0.3) is 20.6 Å². The molecule has 8 N–H and O–H groups in total. The maximum absolute atomic E-state index is 12.2. The Morgan fingerprint density at radius 3 is 2.50 bits per heavy atom. The molecular weight excluding hydrogens is 502 g/mol. The number of hydrogen-bond acceptors (Lipinski definition) is 13. The second-order valence-corrected chi connectivity index (χ2v) is 11.5. The molecule has 0 bridgehead atoms. The van der Waals surface area contributed by atoms with Gasteiger partial charge in [-0.05, 0) is 0 Å². The smallest absolute Gasteiger partial charge is 0.387 e. The van der Waals surface area contributed by atoms with Crippen LogP contribution < -0.4 is 11.3 Å². The van der Waals surface area contributed by atoms with Crippen molar-refractivity contribution in [2.45, 2.75) is 24.5 Å². The number of H-pyrrole nitrogens is 1. The van der Waals surface area contributed by atoms with Crippen molar-refractivity contribution in [3.05, 3.63) is 16.7 Å². The van der Waals surface area contributed by atoms with Crippen LogP contribution in [0.1, 0.15) is 6.23 Å². The molecule has 3 heterocycles. The molecule has 22 heteroatoms. The topological polar surface area (TPSA) is 279 Å². The Labute approximate surface area is 178 Å². The van der Waals surface area contributed by atoms with E-state index in [0.717, 1.165) is 10.9 Å². The van der Waals surface area contributed by atoms with Crippen molar-refractivity contribution >= 4 is 47.8 Å². The highest BCUT2D eigenvalue weighted by molar-refractivity contribution is 7.84. The molecule has 6 atom stereocenters. The Morgan fingerprint density at radius 1 is 1.22 bits per heavy atom. The number of aromatic nitrogens is 4. The number of nitrogens with one attached hydrogen (secondary N) is 1. The normalized spacial score (nSPS) is 27.9. The van der Waals surface area contributed by atoms with Gasteiger partial charge in [-0.25, -0.2) is 18.4 Å². The van der Waals surface area contributed by atoms with E-state index < -0.39 is 59.8 Å². The van der Waals surface area contributed by atoms with Gasteiger partial charge >= 0.3 is 15.6 Å². The van der Waals surface area contributed by atoms with Gasteiger partial charge in [-0.1, -0.05) is 0 Å². The molecule has 178 valence electrons. The fraction of sp³-hybridized carbons (Fsp3) is 0.500. The average Bonchev–Trinajstić information content (AvgIpc) is 3.12. The van der Waals surface area contributed by atoms with Crippen LogP contribution in [-0.2, 0) is 31.6 Å². The molecule has 0 aliphatic carbocycles. The molecule has 0 spiro atoms. The highest BCUT2D eigenvalue weighted by Crippen LogP contribution is 2.66. The third kappa shape index (κ3) is 5.72. The second-order valence-electron chi connectivity index (χ2n) is 6.51. The summed E-state index contributed by atoms with van der Waals surface area (Å²) in [7, 11) is -14.7. The van der Waals surface area contributed by atoms with Crippen molar-refractivity contribution in [1.82, 2.24) is 19.5 Å². The van der Waals surface area contributed by atoms with Crippen LogP contribution in [0.15, 0.2) is 11.1 Å². The first-order valence-electron chi connectivity index (χ1n) is 8.35. The van der Waals surface area contributed by atoms with Crippen LogP contribution in [0.4, 0.5) is 5.95 Å². The highest BCUT2D eigenvalue weighted by atomic mass is 31.3. The van der Waals surface area contributed by atoms with Crippen LogP contribution in [0.3, 0.4) is 0 Å². The van der Waals surface area contributed by atoms with Gasteiger partial charge in [0, 0.05) is 0 Å². The predicted octanol–water partition coefficient (Wildman–Crippen LogP) is -2.69. The molecule has 3 unspecified atom stereocenters. The summed E-state index contributed by atoms with van der Waals surface area (Å²) in [4.78, 5) is 48.3. The number of phosphoric acid groups is 2. The van der Waals surface area contributed by atoms with Gasteiger partial charge in [0.15, 0.2) is 17.4 Å². The summed E-state index contributed by atoms with van der Waals surface area (Å²) in [6, 6.07) is 0. The van der Waals surface area contributed by atoms with E-state index in [-0.39, 0.29) is 17.1 Å². The Balaban J connectivity index is 1.72. The standard InChI is InChI=1S/C10H17BN5O13P3/c11-30(20,28-32(24,25)29-31(21,22)23)26-1-3-5(17)6(18)9(27-3)16-2-13-4-7(16)14-10(12)15-8(4)19/h2-3,5-6,9,17-18H,1,11H2,(H,24,25)(H2,21,22,23)(H3,12,14,15,19)/t3-,5?,6+,9-,30?/m1/s1. The van der Waals surface area contributed by atoms with Gasteiger partial charge in [-0.2, -0.15) is 9.29 Å². The number of aromatic amines is 1. The summed E-state index contributed by atoms with van der Waals surface area (Å²) in [5, 5.41) is 20.6. The Kier molecular flexibility index (Phi) is 6.86. The Morgan fingerprint density at radius 2 is 1.88 bits per heavy atom. The molecule has 32 heavy (non-hydrogen) atoms. The number of nitrogen functional groups attached to an aromatic ring is 1. The van der Waals surface area contributed by atoms with Crippen LogP contribution in [0.5, 0.6) is 0 Å². The molecule has 3 rings (SSSR count). The lowest BCUT2D eigenvalue weighted by Gasteiger charge is -2.21. The molecular formula is C10H17BN5O13P3. The first kappa shape index (κ1) is 25.2. The largest absolute Gasteiger partial charge is 0.487 e. The van der Waals surface area contributed by atoms with Crippen LogP contribution in [0, 0.1) is 0 Å². The van der Waals surface area contributed by atoms with E-state index in [4.69, 9.17) is 24.8 Å². The van der Waals surface area contributed by atoms with E-state index in [1.54, 1.807) is 0 Å². The third-order valence-corrected chi connectivity index (χ3v) is 8.30. The van der Waals surface area contributed by atoms with Gasteiger partial charge in [0.2, 0.25) is 5.95 Å². The zero-order valence-corrected chi connectivity index (χ0v) is 18.5. The van der Waals surface area contributed by atoms with Gasteiger partial charge in [-0.3, -0.25) is 18.9 Å². The lowest BCUT2D eigenvalue weighted by molar-refractivity contribution is -0.0479. The summed E-state index contributed by atoms with van der Waals surface area (Å²) in [6.07, 6.45) is -4.85. The van der Waals surface area contributed by atoms with Crippen LogP contribution >= 0.6 is 23.1 Å². The molecule has 18 nitrogen and oxygen atoms in total. The summed E-state index contributed by atoms with van der Waals surface area (Å²) in [6.45, 7) is -0.763. The summed E-state index contributed by atoms with van der Waals surface area (Å²) < 4.78 is 53.5. The summed E-state index contributed by atoms with van der Waals surface area (Å²) >= 11 is 0. The minimum absolute atomic E-state index is 0.0654.